The Morgan fingerprint density at radius 3 is 2.90 bits per heavy atom. The van der Waals surface area contributed by atoms with E-state index < -0.39 is 0 Å². The molecular weight excluding hydrogens is 250 g/mol. The Bertz CT molecular complexity index is 624. The van der Waals surface area contributed by atoms with Gasteiger partial charge < -0.3 is 15.4 Å². The lowest BCUT2D eigenvalue weighted by molar-refractivity contribution is 0.0638. The molecule has 3 rings (SSSR count). The molecule has 1 saturated heterocycles. The first-order valence-corrected chi connectivity index (χ1v) is 7.06. The lowest BCUT2D eigenvalue weighted by atomic mass is 10.0. The van der Waals surface area contributed by atoms with Crippen molar-refractivity contribution in [1.82, 2.24) is 4.98 Å². The largest absolute Gasteiger partial charge is 0.377 e. The molecule has 0 amide bonds. The number of ether oxygens (including phenoxy) is 1. The molecule has 1 fully saturated rings. The molecule has 2 N–H and O–H groups in total. The van der Waals surface area contributed by atoms with E-state index >= 15 is 0 Å². The highest BCUT2D eigenvalue weighted by atomic mass is 16.5. The van der Waals surface area contributed by atoms with Gasteiger partial charge in [-0.05, 0) is 26.0 Å². The predicted molar refractivity (Wildman–Crippen MR) is 81.9 cm³/mol. The number of aromatic nitrogens is 1. The quantitative estimate of drug-likeness (QED) is 0.910. The molecule has 2 aromatic rings. The van der Waals surface area contributed by atoms with Gasteiger partial charge in [-0.2, -0.15) is 0 Å². The molecule has 1 aliphatic rings. The molecule has 1 aromatic carbocycles. The van der Waals surface area contributed by atoms with Crippen LogP contribution in [0.5, 0.6) is 0 Å². The maximum Gasteiger partial charge on any atom is 0.134 e. The highest BCUT2D eigenvalue weighted by Gasteiger charge is 2.32. The number of fused-ring (bicyclic) bond motifs is 1. The summed E-state index contributed by atoms with van der Waals surface area (Å²) in [5, 5.41) is 1.14. The van der Waals surface area contributed by atoms with Crippen LogP contribution in [0.25, 0.3) is 10.9 Å². The molecule has 0 aliphatic carbocycles. The Balaban J connectivity index is 2.13. The van der Waals surface area contributed by atoms with Crippen LogP contribution in [0.15, 0.2) is 30.3 Å². The van der Waals surface area contributed by atoms with Crippen LogP contribution in [-0.2, 0) is 11.3 Å². The minimum atomic E-state index is -0.0579. The maximum atomic E-state index is 5.94. The number of nitrogens with two attached hydrogens (primary N) is 1. The van der Waals surface area contributed by atoms with Gasteiger partial charge in [0.05, 0.1) is 24.3 Å². The molecule has 1 aromatic heterocycles. The van der Waals surface area contributed by atoms with Crippen LogP contribution in [0.1, 0.15) is 19.4 Å². The molecular formula is C16H21N3O. The minimum Gasteiger partial charge on any atom is -0.377 e. The van der Waals surface area contributed by atoms with Crippen molar-refractivity contribution in [2.45, 2.75) is 25.9 Å². The van der Waals surface area contributed by atoms with Gasteiger partial charge in [-0.15, -0.1) is 0 Å². The molecule has 106 valence electrons. The van der Waals surface area contributed by atoms with Crippen molar-refractivity contribution < 1.29 is 4.74 Å². The maximum absolute atomic E-state index is 5.94. The molecule has 4 nitrogen and oxygen atoms in total. The molecule has 0 saturated carbocycles. The van der Waals surface area contributed by atoms with E-state index in [9.17, 15) is 0 Å². The summed E-state index contributed by atoms with van der Waals surface area (Å²) in [7, 11) is 0. The van der Waals surface area contributed by atoms with Gasteiger partial charge in [-0.1, -0.05) is 18.2 Å². The first kappa shape index (κ1) is 13.3. The number of benzene rings is 1. The van der Waals surface area contributed by atoms with Gasteiger partial charge in [0.25, 0.3) is 0 Å². The molecule has 1 aliphatic heterocycles. The van der Waals surface area contributed by atoms with Gasteiger partial charge in [0.1, 0.15) is 5.82 Å². The molecule has 20 heavy (non-hydrogen) atoms. The van der Waals surface area contributed by atoms with Crippen molar-refractivity contribution in [3.8, 4) is 0 Å². The van der Waals surface area contributed by atoms with E-state index in [4.69, 9.17) is 15.5 Å². The Labute approximate surface area is 119 Å². The van der Waals surface area contributed by atoms with Gasteiger partial charge in [0, 0.05) is 24.0 Å². The fraction of sp³-hybridized carbons (Fsp3) is 0.438. The Hall–Kier alpha value is -1.65. The molecule has 0 unspecified atom stereocenters. The predicted octanol–water partition coefficient (Wildman–Crippen LogP) is 2.31. The first-order valence-electron chi connectivity index (χ1n) is 7.06. The van der Waals surface area contributed by atoms with E-state index in [1.165, 1.54) is 0 Å². The molecule has 0 atom stereocenters. The highest BCUT2D eigenvalue weighted by molar-refractivity contribution is 5.82. The average Bonchev–Trinajstić information content (AvgIpc) is 2.45. The minimum absolute atomic E-state index is 0.0579. The smallest absolute Gasteiger partial charge is 0.134 e. The van der Waals surface area contributed by atoms with E-state index in [2.05, 4.69) is 30.9 Å². The van der Waals surface area contributed by atoms with Gasteiger partial charge in [-0.3, -0.25) is 0 Å². The van der Waals surface area contributed by atoms with Crippen LogP contribution < -0.4 is 10.6 Å². The zero-order chi connectivity index (χ0) is 14.2. The van der Waals surface area contributed by atoms with E-state index in [0.717, 1.165) is 35.4 Å². The van der Waals surface area contributed by atoms with Crippen molar-refractivity contribution in [2.75, 3.05) is 24.7 Å². The van der Waals surface area contributed by atoms with E-state index in [0.29, 0.717) is 13.2 Å². The van der Waals surface area contributed by atoms with Gasteiger partial charge in [0.2, 0.25) is 0 Å². The third kappa shape index (κ3) is 2.25. The van der Waals surface area contributed by atoms with Gasteiger partial charge in [0.15, 0.2) is 0 Å². The third-order valence-corrected chi connectivity index (χ3v) is 3.90. The summed E-state index contributed by atoms with van der Waals surface area (Å²) in [5.41, 5.74) is 7.99. The SMILES string of the molecule is CC1(C)COCCN1c1nc2ccccc2cc1CN. The number of nitrogens with zero attached hydrogens (tertiary/aromatic N) is 2. The fourth-order valence-corrected chi connectivity index (χ4v) is 2.78. The van der Waals surface area contributed by atoms with Gasteiger partial charge >= 0.3 is 0 Å². The average molecular weight is 271 g/mol. The van der Waals surface area contributed by atoms with Crippen molar-refractivity contribution >= 4 is 16.7 Å². The molecule has 0 spiro atoms. The number of hydrogen-bond acceptors (Lipinski definition) is 4. The number of hydrogen-bond donors (Lipinski definition) is 1. The second-order valence-electron chi connectivity index (χ2n) is 5.88. The second kappa shape index (κ2) is 5.04. The van der Waals surface area contributed by atoms with E-state index in [1.807, 2.05) is 18.2 Å². The van der Waals surface area contributed by atoms with Crippen LogP contribution in [0.3, 0.4) is 0 Å². The van der Waals surface area contributed by atoms with Crippen LogP contribution in [0.2, 0.25) is 0 Å². The monoisotopic (exact) mass is 271 g/mol. The van der Waals surface area contributed by atoms with Crippen molar-refractivity contribution in [1.29, 1.82) is 0 Å². The number of pyridine rings is 1. The Kier molecular flexibility index (Phi) is 3.36. The van der Waals surface area contributed by atoms with Crippen LogP contribution >= 0.6 is 0 Å². The molecule has 2 heterocycles. The summed E-state index contributed by atoms with van der Waals surface area (Å²) in [6.45, 7) is 7.17. The molecule has 4 heteroatoms. The summed E-state index contributed by atoms with van der Waals surface area (Å²) < 4.78 is 5.60. The zero-order valence-corrected chi connectivity index (χ0v) is 12.1. The van der Waals surface area contributed by atoms with Crippen molar-refractivity contribution in [3.05, 3.63) is 35.9 Å². The molecule has 0 radical (unpaired) electrons. The number of para-hydroxylation sites is 1. The van der Waals surface area contributed by atoms with E-state index in [-0.39, 0.29) is 5.54 Å². The first-order chi connectivity index (χ1) is 9.62. The molecule has 0 bridgehead atoms. The fourth-order valence-electron chi connectivity index (χ4n) is 2.78. The summed E-state index contributed by atoms with van der Waals surface area (Å²) in [6, 6.07) is 10.3. The number of anilines is 1. The summed E-state index contributed by atoms with van der Waals surface area (Å²) in [5.74, 6) is 1.000. The Morgan fingerprint density at radius 2 is 2.15 bits per heavy atom. The van der Waals surface area contributed by atoms with Crippen LogP contribution in [0, 0.1) is 0 Å². The van der Waals surface area contributed by atoms with Crippen LogP contribution in [-0.4, -0.2) is 30.3 Å². The van der Waals surface area contributed by atoms with E-state index in [1.54, 1.807) is 0 Å². The van der Waals surface area contributed by atoms with Gasteiger partial charge in [-0.25, -0.2) is 4.98 Å². The van der Waals surface area contributed by atoms with Crippen molar-refractivity contribution in [2.24, 2.45) is 5.73 Å². The Morgan fingerprint density at radius 1 is 1.35 bits per heavy atom. The summed E-state index contributed by atoms with van der Waals surface area (Å²) in [4.78, 5) is 7.18. The lowest BCUT2D eigenvalue weighted by Gasteiger charge is -2.43. The summed E-state index contributed by atoms with van der Waals surface area (Å²) >= 11 is 0. The van der Waals surface area contributed by atoms with Crippen LogP contribution in [0.4, 0.5) is 5.82 Å². The zero-order valence-electron chi connectivity index (χ0n) is 12.1. The number of rotatable bonds is 2. The highest BCUT2D eigenvalue weighted by Crippen LogP contribution is 2.30. The summed E-state index contributed by atoms with van der Waals surface area (Å²) in [6.07, 6.45) is 0. The number of morpholine rings is 1. The van der Waals surface area contributed by atoms with Crippen molar-refractivity contribution in [3.63, 3.8) is 0 Å². The lowest BCUT2D eigenvalue weighted by Crippen LogP contribution is -2.53. The normalized spacial score (nSPS) is 18.4. The topological polar surface area (TPSA) is 51.4 Å². The second-order valence-corrected chi connectivity index (χ2v) is 5.88. The third-order valence-electron chi connectivity index (χ3n) is 3.90. The standard InChI is InChI=1S/C16H21N3O/c1-16(2)11-20-8-7-19(16)15-13(10-17)9-12-5-3-4-6-14(12)18-15/h3-6,9H,7-8,10-11,17H2,1-2H3.